The average molecular weight is 398 g/mol. The molecule has 0 aromatic heterocycles. The molecule has 0 amide bonds. The first-order valence-electron chi connectivity index (χ1n) is 10.6. The van der Waals surface area contributed by atoms with Crippen LogP contribution in [0.2, 0.25) is 0 Å². The number of benzene rings is 3. The molecule has 1 N–H and O–H groups in total. The molecule has 1 aliphatic heterocycles. The highest BCUT2D eigenvalue weighted by atomic mass is 16.5. The Kier molecular flexibility index (Phi) is 4.25. The summed E-state index contributed by atoms with van der Waals surface area (Å²) in [4.78, 5) is 13.7. The largest absolute Gasteiger partial charge is 0.497 e. The van der Waals surface area contributed by atoms with Gasteiger partial charge >= 0.3 is 0 Å². The molecule has 1 heterocycles. The summed E-state index contributed by atoms with van der Waals surface area (Å²) in [6, 6.07) is 26.6. The van der Waals surface area contributed by atoms with Crippen LogP contribution in [0.25, 0.3) is 0 Å². The van der Waals surface area contributed by atoms with Crippen molar-refractivity contribution in [3.05, 3.63) is 95.6 Å². The maximum atomic E-state index is 13.7. The van der Waals surface area contributed by atoms with E-state index in [1.165, 1.54) is 11.1 Å². The van der Waals surface area contributed by atoms with Gasteiger partial charge in [0, 0.05) is 22.6 Å². The van der Waals surface area contributed by atoms with Crippen molar-refractivity contribution in [3.63, 3.8) is 0 Å². The van der Waals surface area contributed by atoms with Gasteiger partial charge in [0.05, 0.1) is 12.6 Å². The minimum Gasteiger partial charge on any atom is -0.497 e. The Morgan fingerprint density at radius 3 is 2.30 bits per heavy atom. The number of hydrogen-bond donors (Lipinski definition) is 1. The highest BCUT2D eigenvalue weighted by molar-refractivity contribution is 6.00. The zero-order valence-electron chi connectivity index (χ0n) is 17.7. The smallest absolute Gasteiger partial charge is 0.168 e. The van der Waals surface area contributed by atoms with Crippen molar-refractivity contribution >= 4 is 11.5 Å². The van der Waals surface area contributed by atoms with Crippen LogP contribution in [-0.4, -0.2) is 18.4 Å². The molecule has 2 aliphatic rings. The van der Waals surface area contributed by atoms with E-state index < -0.39 is 0 Å². The van der Waals surface area contributed by atoms with Crippen molar-refractivity contribution < 1.29 is 9.53 Å². The van der Waals surface area contributed by atoms with Crippen LogP contribution in [0.15, 0.2) is 78.9 Å². The van der Waals surface area contributed by atoms with Gasteiger partial charge in [-0.05, 0) is 48.6 Å². The summed E-state index contributed by atoms with van der Waals surface area (Å²) in [6.45, 7) is 4.57. The Balaban J connectivity index is 1.65. The summed E-state index contributed by atoms with van der Waals surface area (Å²) >= 11 is 0. The van der Waals surface area contributed by atoms with Gasteiger partial charge in [-0.1, -0.05) is 67.6 Å². The molecular formula is C27H27NO2. The Morgan fingerprint density at radius 1 is 0.933 bits per heavy atom. The number of para-hydroxylation sites is 1. The van der Waals surface area contributed by atoms with Crippen molar-refractivity contribution in [1.29, 1.82) is 0 Å². The molecule has 0 unspecified atom stereocenters. The number of methoxy groups -OCH3 is 1. The van der Waals surface area contributed by atoms with Gasteiger partial charge in [0.15, 0.2) is 5.78 Å². The molecule has 0 spiro atoms. The molecule has 30 heavy (non-hydrogen) atoms. The Hall–Kier alpha value is -3.07. The SMILES string of the molecule is COc1ccc([C@@H]2C[C@H](C(=O)c3ccccc3)[C@]3(C)Nc4ccccc4[C@]23C)cc1. The van der Waals surface area contributed by atoms with Crippen LogP contribution in [0.3, 0.4) is 0 Å². The minimum absolute atomic E-state index is 0.121. The molecule has 0 saturated heterocycles. The molecule has 4 atom stereocenters. The fourth-order valence-electron chi connectivity index (χ4n) is 5.92. The van der Waals surface area contributed by atoms with Crippen LogP contribution < -0.4 is 10.1 Å². The standard InChI is InChI=1S/C27H27NO2/c1-26-21-11-7-8-12-24(21)28-27(26,2)23(25(29)19-9-5-4-6-10-19)17-22(26)18-13-15-20(30-3)16-14-18/h4-16,22-23,28H,17H2,1-3H3/t22-,23+,26+,27-/m0/s1. The van der Waals surface area contributed by atoms with E-state index in [0.29, 0.717) is 0 Å². The predicted molar refractivity (Wildman–Crippen MR) is 120 cm³/mol. The van der Waals surface area contributed by atoms with E-state index in [4.69, 9.17) is 4.74 Å². The number of rotatable bonds is 4. The quantitative estimate of drug-likeness (QED) is 0.564. The third kappa shape index (κ3) is 2.48. The second kappa shape index (κ2) is 6.73. The van der Waals surface area contributed by atoms with Gasteiger partial charge in [0.1, 0.15) is 5.75 Å². The minimum atomic E-state index is -0.367. The molecule has 1 aliphatic carbocycles. The molecule has 3 aromatic rings. The second-order valence-electron chi connectivity index (χ2n) is 8.92. The van der Waals surface area contributed by atoms with Crippen molar-refractivity contribution in [2.75, 3.05) is 12.4 Å². The number of ether oxygens (including phenoxy) is 1. The summed E-state index contributed by atoms with van der Waals surface area (Å²) in [5.41, 5.74) is 3.93. The monoisotopic (exact) mass is 397 g/mol. The Labute approximate surface area is 178 Å². The molecule has 1 saturated carbocycles. The second-order valence-corrected chi connectivity index (χ2v) is 8.92. The average Bonchev–Trinajstić information content (AvgIpc) is 3.16. The third-order valence-electron chi connectivity index (χ3n) is 7.72. The van der Waals surface area contributed by atoms with Crippen molar-refractivity contribution in [3.8, 4) is 5.75 Å². The van der Waals surface area contributed by atoms with Crippen LogP contribution in [0, 0.1) is 5.92 Å². The summed E-state index contributed by atoms with van der Waals surface area (Å²) in [5, 5.41) is 3.79. The lowest BCUT2D eigenvalue weighted by atomic mass is 9.64. The summed E-state index contributed by atoms with van der Waals surface area (Å²) in [7, 11) is 1.69. The maximum absolute atomic E-state index is 13.7. The molecule has 3 nitrogen and oxygen atoms in total. The van der Waals surface area contributed by atoms with E-state index in [0.717, 1.165) is 23.4 Å². The first-order chi connectivity index (χ1) is 14.5. The normalized spacial score (nSPS) is 29.0. The molecule has 0 radical (unpaired) electrons. The maximum Gasteiger partial charge on any atom is 0.168 e. The van der Waals surface area contributed by atoms with Gasteiger partial charge in [-0.2, -0.15) is 0 Å². The predicted octanol–water partition coefficient (Wildman–Crippen LogP) is 5.82. The summed E-state index contributed by atoms with van der Waals surface area (Å²) in [5.74, 6) is 1.18. The molecule has 3 heteroatoms. The number of hydrogen-bond acceptors (Lipinski definition) is 3. The fraction of sp³-hybridized carbons (Fsp3) is 0.296. The lowest BCUT2D eigenvalue weighted by Crippen LogP contribution is -2.51. The number of Topliss-reactive ketones (excluding diaryl/α,β-unsaturated/α-hetero) is 1. The zero-order valence-corrected chi connectivity index (χ0v) is 17.7. The lowest BCUT2D eigenvalue weighted by Gasteiger charge is -2.41. The first kappa shape index (κ1) is 18.9. The molecule has 152 valence electrons. The van der Waals surface area contributed by atoms with Gasteiger partial charge in [-0.3, -0.25) is 4.79 Å². The molecular weight excluding hydrogens is 370 g/mol. The first-order valence-corrected chi connectivity index (χ1v) is 10.6. The summed E-state index contributed by atoms with van der Waals surface area (Å²) in [6.07, 6.45) is 0.814. The molecule has 0 bridgehead atoms. The van der Waals surface area contributed by atoms with E-state index in [2.05, 4.69) is 55.6 Å². The fourth-order valence-corrected chi connectivity index (χ4v) is 5.92. The number of ketones is 1. The number of carbonyl (C=O) groups is 1. The highest BCUT2D eigenvalue weighted by Gasteiger charge is 2.66. The Bertz CT molecular complexity index is 1090. The van der Waals surface area contributed by atoms with Gasteiger partial charge in [-0.25, -0.2) is 0 Å². The van der Waals surface area contributed by atoms with Gasteiger partial charge < -0.3 is 10.1 Å². The van der Waals surface area contributed by atoms with Crippen LogP contribution >= 0.6 is 0 Å². The zero-order chi connectivity index (χ0) is 20.9. The molecule has 1 fully saturated rings. The van der Waals surface area contributed by atoms with Crippen molar-refractivity contribution in [1.82, 2.24) is 0 Å². The lowest BCUT2D eigenvalue weighted by molar-refractivity contribution is 0.0877. The van der Waals surface area contributed by atoms with Crippen molar-refractivity contribution in [2.45, 2.75) is 37.1 Å². The van der Waals surface area contributed by atoms with E-state index >= 15 is 0 Å². The van der Waals surface area contributed by atoms with Gasteiger partial charge in [0.2, 0.25) is 0 Å². The van der Waals surface area contributed by atoms with Crippen LogP contribution in [0.5, 0.6) is 5.75 Å². The van der Waals surface area contributed by atoms with Crippen LogP contribution in [-0.2, 0) is 5.41 Å². The van der Waals surface area contributed by atoms with Crippen LogP contribution in [0.1, 0.15) is 47.7 Å². The number of carbonyl (C=O) groups excluding carboxylic acids is 1. The summed E-state index contributed by atoms with van der Waals surface area (Å²) < 4.78 is 5.37. The molecule has 5 rings (SSSR count). The topological polar surface area (TPSA) is 38.3 Å². The number of fused-ring (bicyclic) bond motifs is 3. The number of nitrogens with one attached hydrogen (secondary N) is 1. The van der Waals surface area contributed by atoms with E-state index in [9.17, 15) is 4.79 Å². The Morgan fingerprint density at radius 2 is 1.60 bits per heavy atom. The van der Waals surface area contributed by atoms with Crippen molar-refractivity contribution in [2.24, 2.45) is 5.92 Å². The number of anilines is 1. The van der Waals surface area contributed by atoms with E-state index in [1.54, 1.807) is 7.11 Å². The van der Waals surface area contributed by atoms with Gasteiger partial charge in [0.25, 0.3) is 0 Å². The highest BCUT2D eigenvalue weighted by Crippen LogP contribution is 2.65. The van der Waals surface area contributed by atoms with Gasteiger partial charge in [-0.15, -0.1) is 0 Å². The third-order valence-corrected chi connectivity index (χ3v) is 7.72. The van der Waals surface area contributed by atoms with E-state index in [1.807, 2.05) is 42.5 Å². The van der Waals surface area contributed by atoms with E-state index in [-0.39, 0.29) is 28.6 Å². The molecule has 3 aromatic carbocycles. The van der Waals surface area contributed by atoms with Crippen LogP contribution in [0.4, 0.5) is 5.69 Å².